The summed E-state index contributed by atoms with van der Waals surface area (Å²) in [6, 6.07) is 0.571. The van der Waals surface area contributed by atoms with Gasteiger partial charge in [-0.3, -0.25) is 0 Å². The summed E-state index contributed by atoms with van der Waals surface area (Å²) in [7, 11) is 1.77. The molecule has 2 atom stereocenters. The Hall–Kier alpha value is -0.120. The SMILES string of the molecule is COCCC(C)(C)CNC1CC(OCC(C)C)C1(C)C. The van der Waals surface area contributed by atoms with Crippen molar-refractivity contribution in [2.45, 2.75) is 66.5 Å². The van der Waals surface area contributed by atoms with Gasteiger partial charge in [-0.1, -0.05) is 41.5 Å². The average Bonchev–Trinajstić information content (AvgIpc) is 2.34. The molecule has 0 amide bonds. The van der Waals surface area contributed by atoms with Crippen LogP contribution in [0.2, 0.25) is 0 Å². The van der Waals surface area contributed by atoms with E-state index in [9.17, 15) is 0 Å². The summed E-state index contributed by atoms with van der Waals surface area (Å²) in [6.45, 7) is 16.4. The highest BCUT2D eigenvalue weighted by molar-refractivity contribution is 5.03. The van der Waals surface area contributed by atoms with Crippen LogP contribution in [0.1, 0.15) is 54.4 Å². The van der Waals surface area contributed by atoms with Gasteiger partial charge in [0.1, 0.15) is 0 Å². The summed E-state index contributed by atoms with van der Waals surface area (Å²) < 4.78 is 11.2. The van der Waals surface area contributed by atoms with Crippen molar-refractivity contribution in [3.63, 3.8) is 0 Å². The highest BCUT2D eigenvalue weighted by Gasteiger charge is 2.49. The summed E-state index contributed by atoms with van der Waals surface area (Å²) in [5.41, 5.74) is 0.530. The Morgan fingerprint density at radius 1 is 1.30 bits per heavy atom. The molecule has 1 saturated carbocycles. The van der Waals surface area contributed by atoms with Crippen LogP contribution in [-0.2, 0) is 9.47 Å². The van der Waals surface area contributed by atoms with Crippen LogP contribution in [0, 0.1) is 16.7 Å². The van der Waals surface area contributed by atoms with E-state index in [1.165, 1.54) is 0 Å². The van der Waals surface area contributed by atoms with Crippen molar-refractivity contribution < 1.29 is 9.47 Å². The summed E-state index contributed by atoms with van der Waals surface area (Å²) in [5.74, 6) is 0.616. The number of methoxy groups -OCH3 is 1. The van der Waals surface area contributed by atoms with Crippen LogP contribution in [0.15, 0.2) is 0 Å². The summed E-state index contributed by atoms with van der Waals surface area (Å²) in [4.78, 5) is 0. The number of rotatable bonds is 9. The fraction of sp³-hybridized carbons (Fsp3) is 1.00. The van der Waals surface area contributed by atoms with Gasteiger partial charge < -0.3 is 14.8 Å². The number of hydrogen-bond donors (Lipinski definition) is 1. The monoisotopic (exact) mass is 285 g/mol. The van der Waals surface area contributed by atoms with Crippen LogP contribution in [0.5, 0.6) is 0 Å². The lowest BCUT2D eigenvalue weighted by Crippen LogP contribution is -2.62. The highest BCUT2D eigenvalue weighted by Crippen LogP contribution is 2.43. The number of hydrogen-bond acceptors (Lipinski definition) is 3. The molecular formula is C17H35NO2. The quantitative estimate of drug-likeness (QED) is 0.703. The average molecular weight is 285 g/mol. The third-order valence-corrected chi connectivity index (χ3v) is 4.62. The predicted octanol–water partition coefficient (Wildman–Crippen LogP) is 3.48. The second kappa shape index (κ2) is 7.24. The normalized spacial score (nSPS) is 25.8. The molecule has 0 bridgehead atoms. The zero-order chi connectivity index (χ0) is 15.4. The summed E-state index contributed by atoms with van der Waals surface area (Å²) in [6.07, 6.45) is 2.64. The molecule has 3 nitrogen and oxygen atoms in total. The molecule has 1 aliphatic carbocycles. The van der Waals surface area contributed by atoms with E-state index in [2.05, 4.69) is 46.9 Å². The van der Waals surface area contributed by atoms with Gasteiger partial charge in [-0.15, -0.1) is 0 Å². The molecule has 0 radical (unpaired) electrons. The molecule has 1 fully saturated rings. The van der Waals surface area contributed by atoms with Crippen LogP contribution < -0.4 is 5.32 Å². The Bertz CT molecular complexity index is 287. The molecule has 1 aliphatic rings. The van der Waals surface area contributed by atoms with E-state index in [0.29, 0.717) is 18.1 Å². The maximum absolute atomic E-state index is 6.02. The van der Waals surface area contributed by atoms with Crippen molar-refractivity contribution in [1.29, 1.82) is 0 Å². The van der Waals surface area contributed by atoms with Gasteiger partial charge in [-0.2, -0.15) is 0 Å². The fourth-order valence-electron chi connectivity index (χ4n) is 2.69. The second-order valence-corrected chi connectivity index (χ2v) is 8.11. The van der Waals surface area contributed by atoms with Crippen molar-refractivity contribution in [2.75, 3.05) is 26.9 Å². The van der Waals surface area contributed by atoms with Gasteiger partial charge in [0.05, 0.1) is 6.10 Å². The first-order valence-corrected chi connectivity index (χ1v) is 8.03. The largest absolute Gasteiger partial charge is 0.385 e. The molecule has 0 saturated heterocycles. The first-order valence-electron chi connectivity index (χ1n) is 8.03. The lowest BCUT2D eigenvalue weighted by molar-refractivity contribution is -0.125. The van der Waals surface area contributed by atoms with Crippen LogP contribution in [-0.4, -0.2) is 39.0 Å². The van der Waals surface area contributed by atoms with Crippen LogP contribution in [0.4, 0.5) is 0 Å². The molecular weight excluding hydrogens is 250 g/mol. The maximum atomic E-state index is 6.02. The molecule has 0 aromatic rings. The molecule has 0 aliphatic heterocycles. The molecule has 0 heterocycles. The van der Waals surface area contributed by atoms with E-state index in [1.807, 2.05) is 0 Å². The van der Waals surface area contributed by atoms with Crippen molar-refractivity contribution in [3.8, 4) is 0 Å². The minimum Gasteiger partial charge on any atom is -0.385 e. The van der Waals surface area contributed by atoms with Gasteiger partial charge >= 0.3 is 0 Å². The third kappa shape index (κ3) is 5.01. The van der Waals surface area contributed by atoms with E-state index in [0.717, 1.165) is 32.6 Å². The molecule has 1 rings (SSSR count). The summed E-state index contributed by atoms with van der Waals surface area (Å²) >= 11 is 0. The van der Waals surface area contributed by atoms with E-state index in [4.69, 9.17) is 9.47 Å². The van der Waals surface area contributed by atoms with Gasteiger partial charge in [0.2, 0.25) is 0 Å². The molecule has 1 N–H and O–H groups in total. The van der Waals surface area contributed by atoms with E-state index < -0.39 is 0 Å². The molecule has 0 aromatic carbocycles. The van der Waals surface area contributed by atoms with Gasteiger partial charge in [0, 0.05) is 38.3 Å². The van der Waals surface area contributed by atoms with Crippen molar-refractivity contribution in [3.05, 3.63) is 0 Å². The van der Waals surface area contributed by atoms with Crippen LogP contribution in [0.3, 0.4) is 0 Å². The molecule has 2 unspecified atom stereocenters. The zero-order valence-electron chi connectivity index (χ0n) is 14.6. The van der Waals surface area contributed by atoms with Gasteiger partial charge in [-0.25, -0.2) is 0 Å². The van der Waals surface area contributed by atoms with E-state index in [-0.39, 0.29) is 10.8 Å². The van der Waals surface area contributed by atoms with Crippen LogP contribution in [0.25, 0.3) is 0 Å². The molecule has 0 aromatic heterocycles. The minimum atomic E-state index is 0.242. The van der Waals surface area contributed by atoms with Crippen LogP contribution >= 0.6 is 0 Å². The Kier molecular flexibility index (Phi) is 6.49. The number of nitrogens with one attached hydrogen (secondary N) is 1. The minimum absolute atomic E-state index is 0.242. The Morgan fingerprint density at radius 2 is 1.95 bits per heavy atom. The molecule has 20 heavy (non-hydrogen) atoms. The topological polar surface area (TPSA) is 30.5 Å². The lowest BCUT2D eigenvalue weighted by Gasteiger charge is -2.52. The van der Waals surface area contributed by atoms with E-state index >= 15 is 0 Å². The Labute approximate surface area is 125 Å². The molecule has 0 spiro atoms. The fourth-order valence-corrected chi connectivity index (χ4v) is 2.69. The van der Waals surface area contributed by atoms with Crippen molar-refractivity contribution in [1.82, 2.24) is 5.32 Å². The third-order valence-electron chi connectivity index (χ3n) is 4.62. The van der Waals surface area contributed by atoms with Crippen molar-refractivity contribution >= 4 is 0 Å². The van der Waals surface area contributed by atoms with E-state index in [1.54, 1.807) is 7.11 Å². The van der Waals surface area contributed by atoms with Gasteiger partial charge in [0.25, 0.3) is 0 Å². The zero-order valence-corrected chi connectivity index (χ0v) is 14.6. The number of ether oxygens (including phenoxy) is 2. The second-order valence-electron chi connectivity index (χ2n) is 8.11. The standard InChI is InChI=1S/C17H35NO2/c1-13(2)11-20-15-10-14(17(15,5)6)18-12-16(3,4)8-9-19-7/h13-15,18H,8-12H2,1-7H3. The Balaban J connectivity index is 2.33. The first-order chi connectivity index (χ1) is 9.19. The lowest BCUT2D eigenvalue weighted by atomic mass is 9.64. The van der Waals surface area contributed by atoms with Gasteiger partial charge in [0.15, 0.2) is 0 Å². The maximum Gasteiger partial charge on any atom is 0.0656 e. The smallest absolute Gasteiger partial charge is 0.0656 e. The van der Waals surface area contributed by atoms with Gasteiger partial charge in [-0.05, 0) is 24.2 Å². The molecule has 120 valence electrons. The highest BCUT2D eigenvalue weighted by atomic mass is 16.5. The Morgan fingerprint density at radius 3 is 2.45 bits per heavy atom. The van der Waals surface area contributed by atoms with Crippen molar-refractivity contribution in [2.24, 2.45) is 16.7 Å². The summed E-state index contributed by atoms with van der Waals surface area (Å²) in [5, 5.41) is 3.74. The molecule has 3 heteroatoms. The predicted molar refractivity (Wildman–Crippen MR) is 85.0 cm³/mol. The first kappa shape index (κ1) is 17.9.